The second kappa shape index (κ2) is 7.40. The van der Waals surface area contributed by atoms with Crippen LogP contribution in [0.4, 0.5) is 0 Å². The molecule has 1 unspecified atom stereocenters. The van der Waals surface area contributed by atoms with Crippen molar-refractivity contribution in [2.24, 2.45) is 5.41 Å². The first kappa shape index (κ1) is 17.7. The minimum absolute atomic E-state index is 0.0642. The lowest BCUT2D eigenvalue weighted by atomic mass is 9.84. The summed E-state index contributed by atoms with van der Waals surface area (Å²) in [4.78, 5) is 12.6. The molecule has 2 heterocycles. The van der Waals surface area contributed by atoms with Crippen molar-refractivity contribution in [2.75, 3.05) is 13.2 Å². The number of carbonyl (C=O) groups excluding carboxylic acids is 1. The summed E-state index contributed by atoms with van der Waals surface area (Å²) in [6.45, 7) is 7.98. The van der Waals surface area contributed by atoms with E-state index < -0.39 is 5.41 Å². The molecule has 1 aromatic heterocycles. The van der Waals surface area contributed by atoms with E-state index in [0.717, 1.165) is 36.4 Å². The van der Waals surface area contributed by atoms with Gasteiger partial charge in [0.15, 0.2) is 0 Å². The largest absolute Gasteiger partial charge is 0.380 e. The Morgan fingerprint density at radius 1 is 1.36 bits per heavy atom. The van der Waals surface area contributed by atoms with Crippen molar-refractivity contribution < 1.29 is 9.53 Å². The van der Waals surface area contributed by atoms with Crippen LogP contribution in [-0.4, -0.2) is 28.9 Å². The van der Waals surface area contributed by atoms with E-state index >= 15 is 0 Å². The smallest absolute Gasteiger partial charge is 0.228 e. The lowest BCUT2D eigenvalue weighted by molar-refractivity contribution is -0.137. The van der Waals surface area contributed by atoms with E-state index in [9.17, 15) is 4.79 Å². The average Bonchev–Trinajstić information content (AvgIpc) is 3.05. The molecule has 134 valence electrons. The number of benzene rings is 1. The molecule has 2 aromatic rings. The van der Waals surface area contributed by atoms with E-state index in [1.54, 1.807) is 0 Å². The van der Waals surface area contributed by atoms with Crippen molar-refractivity contribution in [3.63, 3.8) is 0 Å². The topological polar surface area (TPSA) is 56.2 Å². The van der Waals surface area contributed by atoms with E-state index in [-0.39, 0.29) is 5.91 Å². The number of hydrogen-bond donors (Lipinski definition) is 1. The minimum Gasteiger partial charge on any atom is -0.380 e. The van der Waals surface area contributed by atoms with Crippen LogP contribution in [0.2, 0.25) is 0 Å². The van der Waals surface area contributed by atoms with Crippen LogP contribution in [0.15, 0.2) is 36.5 Å². The molecule has 3 rings (SSSR count). The third kappa shape index (κ3) is 3.93. The van der Waals surface area contributed by atoms with Crippen molar-refractivity contribution in [2.45, 2.75) is 46.1 Å². The van der Waals surface area contributed by atoms with Gasteiger partial charge in [-0.15, -0.1) is 0 Å². The maximum Gasteiger partial charge on any atom is 0.228 e. The molecule has 1 saturated heterocycles. The predicted octanol–water partition coefficient (Wildman–Crippen LogP) is 3.43. The molecule has 5 heteroatoms. The SMILES string of the molecule is CC(C)c1nn(-c2ccccc2)cc1CNC(=O)C1(C)CCCOC1. The van der Waals surface area contributed by atoms with E-state index in [0.29, 0.717) is 19.1 Å². The zero-order chi connectivity index (χ0) is 17.9. The summed E-state index contributed by atoms with van der Waals surface area (Å²) >= 11 is 0. The molecular weight excluding hydrogens is 314 g/mol. The van der Waals surface area contributed by atoms with Gasteiger partial charge in [-0.2, -0.15) is 5.10 Å². The van der Waals surface area contributed by atoms with E-state index in [4.69, 9.17) is 9.84 Å². The van der Waals surface area contributed by atoms with Crippen LogP contribution < -0.4 is 5.32 Å². The van der Waals surface area contributed by atoms with Crippen LogP contribution in [0.1, 0.15) is 50.8 Å². The second-order valence-corrected chi connectivity index (χ2v) is 7.37. The molecular formula is C20H27N3O2. The number of ether oxygens (including phenoxy) is 1. The maximum atomic E-state index is 12.6. The standard InChI is InChI=1S/C20H27N3O2/c1-15(2)18-16(13-23(22-18)17-8-5-4-6-9-17)12-21-19(24)20(3)10-7-11-25-14-20/h4-6,8-9,13,15H,7,10-12,14H2,1-3H3,(H,21,24). The number of carbonyl (C=O) groups is 1. The number of rotatable bonds is 5. The molecule has 1 aliphatic heterocycles. The summed E-state index contributed by atoms with van der Waals surface area (Å²) < 4.78 is 7.40. The highest BCUT2D eigenvalue weighted by atomic mass is 16.5. The Kier molecular flexibility index (Phi) is 5.23. The molecule has 0 radical (unpaired) electrons. The van der Waals surface area contributed by atoms with Crippen LogP contribution >= 0.6 is 0 Å². The highest BCUT2D eigenvalue weighted by molar-refractivity contribution is 5.82. The first-order valence-corrected chi connectivity index (χ1v) is 8.99. The van der Waals surface area contributed by atoms with Gasteiger partial charge >= 0.3 is 0 Å². The second-order valence-electron chi connectivity index (χ2n) is 7.37. The molecule has 1 aromatic carbocycles. The van der Waals surface area contributed by atoms with Crippen LogP contribution in [0.5, 0.6) is 0 Å². The van der Waals surface area contributed by atoms with Crippen LogP contribution in [-0.2, 0) is 16.1 Å². The molecule has 0 saturated carbocycles. The Balaban J connectivity index is 1.75. The summed E-state index contributed by atoms with van der Waals surface area (Å²) in [5.74, 6) is 0.361. The monoisotopic (exact) mass is 341 g/mol. The van der Waals surface area contributed by atoms with Gasteiger partial charge in [0.05, 0.1) is 23.4 Å². The summed E-state index contributed by atoms with van der Waals surface area (Å²) in [5.41, 5.74) is 2.68. The Bertz CT molecular complexity index is 716. The maximum absolute atomic E-state index is 12.6. The normalized spacial score (nSPS) is 20.6. The molecule has 1 amide bonds. The predicted molar refractivity (Wildman–Crippen MR) is 97.7 cm³/mol. The average molecular weight is 341 g/mol. The number of para-hydroxylation sites is 1. The van der Waals surface area contributed by atoms with E-state index in [2.05, 4.69) is 19.2 Å². The number of nitrogens with zero attached hydrogens (tertiary/aromatic N) is 2. The first-order valence-electron chi connectivity index (χ1n) is 8.99. The molecule has 25 heavy (non-hydrogen) atoms. The fourth-order valence-corrected chi connectivity index (χ4v) is 3.26. The summed E-state index contributed by atoms with van der Waals surface area (Å²) in [6.07, 6.45) is 3.83. The lowest BCUT2D eigenvalue weighted by Crippen LogP contribution is -2.44. The molecule has 1 aliphatic rings. The Morgan fingerprint density at radius 3 is 2.76 bits per heavy atom. The summed E-state index contributed by atoms with van der Waals surface area (Å²) in [6, 6.07) is 10.0. The highest BCUT2D eigenvalue weighted by Crippen LogP contribution is 2.28. The molecule has 0 spiro atoms. The third-order valence-electron chi connectivity index (χ3n) is 4.82. The van der Waals surface area contributed by atoms with Gasteiger partial charge in [0.1, 0.15) is 0 Å². The van der Waals surface area contributed by atoms with Gasteiger partial charge in [0.2, 0.25) is 5.91 Å². The van der Waals surface area contributed by atoms with Crippen molar-refractivity contribution in [3.05, 3.63) is 47.8 Å². The van der Waals surface area contributed by atoms with Crippen molar-refractivity contribution >= 4 is 5.91 Å². The van der Waals surface area contributed by atoms with Crippen molar-refractivity contribution in [1.82, 2.24) is 15.1 Å². The van der Waals surface area contributed by atoms with Gasteiger partial charge in [0, 0.05) is 24.9 Å². The molecule has 1 N–H and O–H groups in total. The van der Waals surface area contributed by atoms with Crippen LogP contribution in [0, 0.1) is 5.41 Å². The fourth-order valence-electron chi connectivity index (χ4n) is 3.26. The molecule has 1 fully saturated rings. The highest BCUT2D eigenvalue weighted by Gasteiger charge is 2.35. The minimum atomic E-state index is -0.425. The summed E-state index contributed by atoms with van der Waals surface area (Å²) in [7, 11) is 0. The quantitative estimate of drug-likeness (QED) is 0.906. The van der Waals surface area contributed by atoms with Crippen LogP contribution in [0.25, 0.3) is 5.69 Å². The van der Waals surface area contributed by atoms with Crippen molar-refractivity contribution in [1.29, 1.82) is 0 Å². The Morgan fingerprint density at radius 2 is 2.12 bits per heavy atom. The number of aromatic nitrogens is 2. The van der Waals surface area contributed by atoms with Gasteiger partial charge in [-0.05, 0) is 37.8 Å². The first-order chi connectivity index (χ1) is 12.0. The fraction of sp³-hybridized carbons (Fsp3) is 0.500. The molecule has 0 aliphatic carbocycles. The van der Waals surface area contributed by atoms with Gasteiger partial charge in [-0.1, -0.05) is 32.0 Å². The molecule has 0 bridgehead atoms. The molecule has 5 nitrogen and oxygen atoms in total. The van der Waals surface area contributed by atoms with Gasteiger partial charge in [-0.25, -0.2) is 4.68 Å². The van der Waals surface area contributed by atoms with Crippen molar-refractivity contribution in [3.8, 4) is 5.69 Å². The number of nitrogens with one attached hydrogen (secondary N) is 1. The van der Waals surface area contributed by atoms with E-state index in [1.807, 2.05) is 48.1 Å². The Labute approximate surface area is 149 Å². The zero-order valence-corrected chi connectivity index (χ0v) is 15.3. The van der Waals surface area contributed by atoms with E-state index in [1.165, 1.54) is 0 Å². The zero-order valence-electron chi connectivity index (χ0n) is 15.3. The molecule has 1 atom stereocenters. The number of hydrogen-bond acceptors (Lipinski definition) is 3. The lowest BCUT2D eigenvalue weighted by Gasteiger charge is -2.31. The number of amides is 1. The van der Waals surface area contributed by atoms with Gasteiger partial charge in [-0.3, -0.25) is 4.79 Å². The summed E-state index contributed by atoms with van der Waals surface area (Å²) in [5, 5.41) is 7.83. The van der Waals surface area contributed by atoms with Gasteiger partial charge in [0.25, 0.3) is 0 Å². The third-order valence-corrected chi connectivity index (χ3v) is 4.82. The Hall–Kier alpha value is -2.14. The van der Waals surface area contributed by atoms with Crippen LogP contribution in [0.3, 0.4) is 0 Å². The van der Waals surface area contributed by atoms with Gasteiger partial charge < -0.3 is 10.1 Å².